The molecule has 0 bridgehead atoms. The van der Waals surface area contributed by atoms with Gasteiger partial charge < -0.3 is 15.3 Å². The number of amides is 1. The topological polar surface area (TPSA) is 101 Å². The maximum absolute atomic E-state index is 12.9. The zero-order valence-electron chi connectivity index (χ0n) is 19.0. The molecule has 0 radical (unpaired) electrons. The Morgan fingerprint density at radius 1 is 1.26 bits per heavy atom. The first kappa shape index (κ1) is 22.4. The quantitative estimate of drug-likeness (QED) is 0.422. The van der Waals surface area contributed by atoms with E-state index in [2.05, 4.69) is 31.5 Å². The van der Waals surface area contributed by atoms with Gasteiger partial charge in [-0.25, -0.2) is 9.50 Å². The third-order valence-corrected chi connectivity index (χ3v) is 6.52. The van der Waals surface area contributed by atoms with E-state index in [0.29, 0.717) is 24.5 Å². The lowest BCUT2D eigenvalue weighted by Gasteiger charge is -2.39. The third-order valence-electron chi connectivity index (χ3n) is 6.27. The average Bonchev–Trinajstić information content (AvgIpc) is 3.35. The van der Waals surface area contributed by atoms with E-state index < -0.39 is 0 Å². The lowest BCUT2D eigenvalue weighted by Crippen LogP contribution is -2.54. The van der Waals surface area contributed by atoms with Gasteiger partial charge in [-0.1, -0.05) is 23.7 Å². The molecule has 1 atom stereocenters. The van der Waals surface area contributed by atoms with Gasteiger partial charge in [0.2, 0.25) is 5.91 Å². The number of rotatable bonds is 7. The summed E-state index contributed by atoms with van der Waals surface area (Å²) in [7, 11) is 1.90. The van der Waals surface area contributed by atoms with Crippen molar-refractivity contribution in [3.05, 3.63) is 65.3 Å². The van der Waals surface area contributed by atoms with Crippen molar-refractivity contribution in [2.24, 2.45) is 13.0 Å². The van der Waals surface area contributed by atoms with Gasteiger partial charge in [0.1, 0.15) is 11.8 Å². The normalized spacial score (nSPS) is 14.9. The number of nitrogens with one attached hydrogen (secondary N) is 1. The van der Waals surface area contributed by atoms with E-state index in [-0.39, 0.29) is 24.5 Å². The predicted octanol–water partition coefficient (Wildman–Crippen LogP) is 2.77. The molecule has 1 aliphatic heterocycles. The van der Waals surface area contributed by atoms with Crippen molar-refractivity contribution in [1.29, 1.82) is 0 Å². The van der Waals surface area contributed by atoms with E-state index in [9.17, 15) is 9.90 Å². The highest BCUT2D eigenvalue weighted by Crippen LogP contribution is 2.31. The second-order valence-electron chi connectivity index (χ2n) is 8.67. The Morgan fingerprint density at radius 3 is 2.71 bits per heavy atom. The van der Waals surface area contributed by atoms with Gasteiger partial charge in [0.15, 0.2) is 5.82 Å². The predicted molar refractivity (Wildman–Crippen MR) is 130 cm³/mol. The molecule has 2 N–H and O–H groups in total. The van der Waals surface area contributed by atoms with Gasteiger partial charge in [0.05, 0.1) is 17.7 Å². The number of carbonyl (C=O) groups excluding carboxylic acids is 1. The molecule has 1 saturated heterocycles. The molecule has 4 aromatic rings. The Morgan fingerprint density at radius 2 is 2.03 bits per heavy atom. The average molecular weight is 480 g/mol. The molecule has 9 nitrogen and oxygen atoms in total. The van der Waals surface area contributed by atoms with Gasteiger partial charge in [-0.15, -0.1) is 0 Å². The number of aryl methyl sites for hydroxylation is 2. The maximum Gasteiger partial charge on any atom is 0.227 e. The zero-order valence-corrected chi connectivity index (χ0v) is 19.8. The fraction of sp³-hybridized carbons (Fsp3) is 0.333. The van der Waals surface area contributed by atoms with Gasteiger partial charge in [0.25, 0.3) is 0 Å². The van der Waals surface area contributed by atoms with Crippen molar-refractivity contribution < 1.29 is 9.90 Å². The molecule has 0 unspecified atom stereocenters. The first-order chi connectivity index (χ1) is 16.4. The Bertz CT molecular complexity index is 1330. The van der Waals surface area contributed by atoms with E-state index in [4.69, 9.17) is 11.6 Å². The number of hydrogen-bond acceptors (Lipinski definition) is 6. The molecule has 0 aliphatic carbocycles. The minimum atomic E-state index is -0.259. The van der Waals surface area contributed by atoms with Crippen molar-refractivity contribution >= 4 is 28.8 Å². The van der Waals surface area contributed by atoms with E-state index in [1.807, 2.05) is 43.0 Å². The molecular formula is C24H26ClN7O2. The number of aliphatic hydroxyl groups is 1. The Kier molecular flexibility index (Phi) is 5.97. The van der Waals surface area contributed by atoms with Crippen LogP contribution in [-0.2, 0) is 11.8 Å². The molecule has 10 heteroatoms. The van der Waals surface area contributed by atoms with Crippen LogP contribution in [0.5, 0.6) is 0 Å². The number of hydrogen-bond donors (Lipinski definition) is 2. The Balaban J connectivity index is 1.29. The summed E-state index contributed by atoms with van der Waals surface area (Å²) >= 11 is 5.98. The Labute approximate surface area is 202 Å². The summed E-state index contributed by atoms with van der Waals surface area (Å²) in [6.45, 7) is 3.10. The molecule has 5 rings (SSSR count). The number of carbonyl (C=O) groups is 1. The number of aromatic nitrogens is 5. The second-order valence-corrected chi connectivity index (χ2v) is 9.11. The molecule has 1 amide bonds. The van der Waals surface area contributed by atoms with Crippen LogP contribution in [0.4, 0.5) is 5.82 Å². The van der Waals surface area contributed by atoms with Crippen LogP contribution in [0.15, 0.2) is 49.1 Å². The fourth-order valence-corrected chi connectivity index (χ4v) is 4.57. The minimum Gasteiger partial charge on any atom is -0.396 e. The first-order valence-electron chi connectivity index (χ1n) is 11.2. The molecule has 34 heavy (non-hydrogen) atoms. The van der Waals surface area contributed by atoms with E-state index in [0.717, 1.165) is 33.7 Å². The summed E-state index contributed by atoms with van der Waals surface area (Å²) in [5.41, 5.74) is 4.84. The summed E-state index contributed by atoms with van der Waals surface area (Å²) in [5.74, 6) is 0.617. The molecular weight excluding hydrogens is 454 g/mol. The van der Waals surface area contributed by atoms with Gasteiger partial charge in [0, 0.05) is 55.3 Å². The summed E-state index contributed by atoms with van der Waals surface area (Å²) in [6, 6.07) is 9.13. The van der Waals surface area contributed by atoms with Gasteiger partial charge in [-0.2, -0.15) is 10.2 Å². The minimum absolute atomic E-state index is 0.0176. The van der Waals surface area contributed by atoms with Crippen LogP contribution in [0.3, 0.4) is 0 Å². The SMILES string of the molecule is Cc1nn(C)cc1-c1cc2c(N3CC(C(=O)N[C@@H](CCO)c4ccc(Cl)cc4)C3)ncnn2c1. The van der Waals surface area contributed by atoms with Crippen LogP contribution in [-0.4, -0.2) is 55.1 Å². The van der Waals surface area contributed by atoms with E-state index in [1.165, 1.54) is 6.33 Å². The summed E-state index contributed by atoms with van der Waals surface area (Å²) in [6.07, 6.45) is 5.94. The lowest BCUT2D eigenvalue weighted by molar-refractivity contribution is -0.126. The highest BCUT2D eigenvalue weighted by atomic mass is 35.5. The van der Waals surface area contributed by atoms with E-state index in [1.54, 1.807) is 16.8 Å². The first-order valence-corrected chi connectivity index (χ1v) is 11.6. The monoisotopic (exact) mass is 479 g/mol. The van der Waals surface area contributed by atoms with Crippen molar-refractivity contribution in [2.45, 2.75) is 19.4 Å². The smallest absolute Gasteiger partial charge is 0.227 e. The number of anilines is 1. The maximum atomic E-state index is 12.9. The molecule has 0 saturated carbocycles. The van der Waals surface area contributed by atoms with Gasteiger partial charge in [-0.3, -0.25) is 9.48 Å². The van der Waals surface area contributed by atoms with Crippen LogP contribution in [0.1, 0.15) is 23.7 Å². The zero-order chi connectivity index (χ0) is 23.8. The Hall–Kier alpha value is -3.43. The number of fused-ring (bicyclic) bond motifs is 1. The molecule has 176 valence electrons. The molecule has 0 spiro atoms. The van der Waals surface area contributed by atoms with Crippen LogP contribution in [0.2, 0.25) is 5.02 Å². The summed E-state index contributed by atoms with van der Waals surface area (Å²) < 4.78 is 3.61. The summed E-state index contributed by atoms with van der Waals surface area (Å²) in [4.78, 5) is 19.5. The lowest BCUT2D eigenvalue weighted by atomic mass is 9.97. The fourth-order valence-electron chi connectivity index (χ4n) is 4.44. The van der Waals surface area contributed by atoms with Crippen molar-refractivity contribution in [1.82, 2.24) is 29.7 Å². The molecule has 4 heterocycles. The highest BCUT2D eigenvalue weighted by molar-refractivity contribution is 6.30. The van der Waals surface area contributed by atoms with Crippen LogP contribution in [0, 0.1) is 12.8 Å². The van der Waals surface area contributed by atoms with Crippen LogP contribution in [0.25, 0.3) is 16.6 Å². The van der Waals surface area contributed by atoms with Crippen LogP contribution >= 0.6 is 11.6 Å². The molecule has 3 aromatic heterocycles. The third kappa shape index (κ3) is 4.24. The molecule has 1 fully saturated rings. The van der Waals surface area contributed by atoms with Crippen molar-refractivity contribution in [3.63, 3.8) is 0 Å². The van der Waals surface area contributed by atoms with Crippen molar-refractivity contribution in [2.75, 3.05) is 24.6 Å². The number of nitrogens with zero attached hydrogens (tertiary/aromatic N) is 6. The number of halogens is 1. The molecule has 1 aromatic carbocycles. The molecule has 1 aliphatic rings. The highest BCUT2D eigenvalue weighted by Gasteiger charge is 2.35. The van der Waals surface area contributed by atoms with Crippen molar-refractivity contribution in [3.8, 4) is 11.1 Å². The van der Waals surface area contributed by atoms with Gasteiger partial charge in [-0.05, 0) is 37.1 Å². The number of benzene rings is 1. The largest absolute Gasteiger partial charge is 0.396 e. The van der Waals surface area contributed by atoms with Gasteiger partial charge >= 0.3 is 0 Å². The van der Waals surface area contributed by atoms with Crippen LogP contribution < -0.4 is 10.2 Å². The summed E-state index contributed by atoms with van der Waals surface area (Å²) in [5, 5.41) is 22.0. The number of aliphatic hydroxyl groups excluding tert-OH is 1. The standard InChI is InChI=1S/C24H26ClN7O2/c1-15-20(13-30(2)29-15)17-9-22-23(26-14-27-32(22)12-17)31-10-18(11-31)24(34)28-21(7-8-33)16-3-5-19(25)6-4-16/h3-6,9,12-14,18,21,33H,7-8,10-11H2,1-2H3,(H,28,34)/t21-/m0/s1. The van der Waals surface area contributed by atoms with E-state index >= 15 is 0 Å². The second kappa shape index (κ2) is 9.08.